The number of nitrogens with zero attached hydrogens (tertiary/aromatic N) is 2. The van der Waals surface area contributed by atoms with Crippen LogP contribution in [0.5, 0.6) is 0 Å². The van der Waals surface area contributed by atoms with Crippen LogP contribution in [0.2, 0.25) is 0 Å². The van der Waals surface area contributed by atoms with Crippen LogP contribution in [0.1, 0.15) is 51.0 Å². The van der Waals surface area contributed by atoms with Crippen LogP contribution in [0, 0.1) is 11.3 Å². The minimum absolute atomic E-state index is 0.437. The first-order valence-electron chi connectivity index (χ1n) is 9.61. The van der Waals surface area contributed by atoms with Crippen molar-refractivity contribution in [1.29, 1.82) is 5.26 Å². The molecule has 5 heteroatoms. The molecule has 0 unspecified atom stereocenters. The van der Waals surface area contributed by atoms with Crippen LogP contribution in [-0.4, -0.2) is 42.8 Å². The normalized spacial score (nSPS) is 25.4. The smallest absolute Gasteiger partial charge is 0.0992 e. The predicted octanol–water partition coefficient (Wildman–Crippen LogP) is 3.36. The van der Waals surface area contributed by atoms with Gasteiger partial charge in [0.1, 0.15) is 0 Å². The van der Waals surface area contributed by atoms with Crippen LogP contribution >= 0.6 is 0 Å². The van der Waals surface area contributed by atoms with E-state index in [9.17, 15) is 0 Å². The summed E-state index contributed by atoms with van der Waals surface area (Å²) in [6.45, 7) is 5.20. The predicted molar refractivity (Wildman–Crippen MR) is 101 cm³/mol. The van der Waals surface area contributed by atoms with Crippen molar-refractivity contribution < 1.29 is 4.74 Å². The Kier molecular flexibility index (Phi) is 6.17. The summed E-state index contributed by atoms with van der Waals surface area (Å²) < 4.78 is 5.77. The van der Waals surface area contributed by atoms with Crippen molar-refractivity contribution in [2.24, 2.45) is 0 Å². The number of likely N-dealkylation sites (tertiary alicyclic amines) is 1. The van der Waals surface area contributed by atoms with Gasteiger partial charge in [-0.05, 0) is 63.6 Å². The van der Waals surface area contributed by atoms with Crippen molar-refractivity contribution in [2.45, 2.75) is 63.6 Å². The summed E-state index contributed by atoms with van der Waals surface area (Å²) >= 11 is 0. The molecule has 0 aromatic heterocycles. The molecule has 3 N–H and O–H groups in total. The summed E-state index contributed by atoms with van der Waals surface area (Å²) in [5.41, 5.74) is 8.32. The maximum Gasteiger partial charge on any atom is 0.0992 e. The maximum absolute atomic E-state index is 9.06. The number of hydrogen-bond donors (Lipinski definition) is 2. The molecule has 2 fully saturated rings. The molecule has 25 heavy (non-hydrogen) atoms. The van der Waals surface area contributed by atoms with Gasteiger partial charge in [0.05, 0.1) is 29.1 Å². The Bertz CT molecular complexity index is 596. The SMILES string of the molecule is CCOC1CCC(N2CCC(Nc3cc(C#N)ccc3N)CC2)CC1. The Morgan fingerprint density at radius 2 is 1.92 bits per heavy atom. The Labute approximate surface area is 151 Å². The van der Waals surface area contributed by atoms with Gasteiger partial charge in [0.15, 0.2) is 0 Å². The second kappa shape index (κ2) is 8.55. The van der Waals surface area contributed by atoms with E-state index in [0.717, 1.165) is 50.0 Å². The van der Waals surface area contributed by atoms with E-state index in [1.165, 1.54) is 25.7 Å². The first-order valence-corrected chi connectivity index (χ1v) is 9.61. The minimum Gasteiger partial charge on any atom is -0.397 e. The van der Waals surface area contributed by atoms with Crippen molar-refractivity contribution in [1.82, 2.24) is 4.90 Å². The van der Waals surface area contributed by atoms with Gasteiger partial charge < -0.3 is 20.7 Å². The van der Waals surface area contributed by atoms with Gasteiger partial charge in [-0.1, -0.05) is 0 Å². The third kappa shape index (κ3) is 4.65. The number of nitriles is 1. The number of anilines is 2. The molecule has 5 nitrogen and oxygen atoms in total. The summed E-state index contributed by atoms with van der Waals surface area (Å²) in [5, 5.41) is 12.6. The Morgan fingerprint density at radius 1 is 1.20 bits per heavy atom. The van der Waals surface area contributed by atoms with Crippen molar-refractivity contribution in [3.8, 4) is 6.07 Å². The fourth-order valence-corrected chi connectivity index (χ4v) is 4.19. The number of rotatable bonds is 5. The highest BCUT2D eigenvalue weighted by atomic mass is 16.5. The topological polar surface area (TPSA) is 74.3 Å². The summed E-state index contributed by atoms with van der Waals surface area (Å²) in [4.78, 5) is 2.66. The molecule has 0 spiro atoms. The number of piperidine rings is 1. The lowest BCUT2D eigenvalue weighted by Crippen LogP contribution is -2.46. The Hall–Kier alpha value is -1.77. The van der Waals surface area contributed by atoms with E-state index in [2.05, 4.69) is 23.2 Å². The quantitative estimate of drug-likeness (QED) is 0.803. The molecule has 0 bridgehead atoms. The average molecular weight is 342 g/mol. The number of ether oxygens (including phenoxy) is 1. The van der Waals surface area contributed by atoms with Gasteiger partial charge in [-0.15, -0.1) is 0 Å². The lowest BCUT2D eigenvalue weighted by Gasteiger charge is -2.41. The van der Waals surface area contributed by atoms with Gasteiger partial charge in [-0.3, -0.25) is 0 Å². The fourth-order valence-electron chi connectivity index (χ4n) is 4.19. The van der Waals surface area contributed by atoms with Crippen LogP contribution in [0.15, 0.2) is 18.2 Å². The zero-order valence-electron chi connectivity index (χ0n) is 15.2. The lowest BCUT2D eigenvalue weighted by atomic mass is 9.90. The molecule has 1 aromatic rings. The lowest BCUT2D eigenvalue weighted by molar-refractivity contribution is 0.00994. The van der Waals surface area contributed by atoms with Crippen molar-refractivity contribution in [3.05, 3.63) is 23.8 Å². The highest BCUT2D eigenvalue weighted by Crippen LogP contribution is 2.29. The van der Waals surface area contributed by atoms with Crippen molar-refractivity contribution in [3.63, 3.8) is 0 Å². The zero-order chi connectivity index (χ0) is 17.6. The number of benzene rings is 1. The molecule has 1 saturated heterocycles. The van der Waals surface area contributed by atoms with E-state index < -0.39 is 0 Å². The number of nitrogens with two attached hydrogens (primary N) is 1. The van der Waals surface area contributed by atoms with Gasteiger partial charge in [-0.25, -0.2) is 0 Å². The van der Waals surface area contributed by atoms with Gasteiger partial charge in [0.2, 0.25) is 0 Å². The molecule has 1 aliphatic heterocycles. The molecule has 1 aliphatic carbocycles. The van der Waals surface area contributed by atoms with E-state index in [0.29, 0.717) is 17.7 Å². The summed E-state index contributed by atoms with van der Waals surface area (Å²) in [6, 6.07) is 8.78. The van der Waals surface area contributed by atoms with Crippen LogP contribution in [0.4, 0.5) is 11.4 Å². The summed E-state index contributed by atoms with van der Waals surface area (Å²) in [6.07, 6.45) is 7.67. The van der Waals surface area contributed by atoms with Crippen molar-refractivity contribution in [2.75, 3.05) is 30.7 Å². The maximum atomic E-state index is 9.06. The van der Waals surface area contributed by atoms with Crippen LogP contribution in [-0.2, 0) is 4.74 Å². The highest BCUT2D eigenvalue weighted by Gasteiger charge is 2.29. The molecule has 0 radical (unpaired) electrons. The van der Waals surface area contributed by atoms with Gasteiger partial charge in [0.25, 0.3) is 0 Å². The molecule has 2 aliphatic rings. The van der Waals surface area contributed by atoms with Gasteiger partial charge in [-0.2, -0.15) is 5.26 Å². The molecular formula is C20H30N4O. The Balaban J connectivity index is 1.47. The number of hydrogen-bond acceptors (Lipinski definition) is 5. The third-order valence-corrected chi connectivity index (χ3v) is 5.63. The molecule has 1 saturated carbocycles. The second-order valence-electron chi connectivity index (χ2n) is 7.25. The first kappa shape index (κ1) is 18.0. The molecular weight excluding hydrogens is 312 g/mol. The second-order valence-corrected chi connectivity index (χ2v) is 7.25. The fraction of sp³-hybridized carbons (Fsp3) is 0.650. The van der Waals surface area contributed by atoms with Crippen molar-refractivity contribution >= 4 is 11.4 Å². The average Bonchev–Trinajstić information content (AvgIpc) is 2.65. The molecule has 3 rings (SSSR count). The molecule has 136 valence electrons. The number of nitrogens with one attached hydrogen (secondary N) is 1. The van der Waals surface area contributed by atoms with Gasteiger partial charge in [0, 0.05) is 31.8 Å². The van der Waals surface area contributed by atoms with Crippen LogP contribution in [0.25, 0.3) is 0 Å². The van der Waals surface area contributed by atoms with Crippen LogP contribution < -0.4 is 11.1 Å². The molecule has 1 aromatic carbocycles. The van der Waals surface area contributed by atoms with E-state index >= 15 is 0 Å². The Morgan fingerprint density at radius 3 is 2.56 bits per heavy atom. The third-order valence-electron chi connectivity index (χ3n) is 5.63. The van der Waals surface area contributed by atoms with Crippen LogP contribution in [0.3, 0.4) is 0 Å². The largest absolute Gasteiger partial charge is 0.397 e. The van der Waals surface area contributed by atoms with E-state index in [1.807, 2.05) is 12.1 Å². The van der Waals surface area contributed by atoms with E-state index in [-0.39, 0.29) is 0 Å². The molecule has 0 atom stereocenters. The monoisotopic (exact) mass is 342 g/mol. The standard InChI is InChI=1S/C20H30N4O/c1-2-25-18-6-4-17(5-7-18)24-11-9-16(10-12-24)23-20-13-15(14-21)3-8-19(20)22/h3,8,13,16-18,23H,2,4-7,9-12,22H2,1H3. The minimum atomic E-state index is 0.437. The van der Waals surface area contributed by atoms with E-state index in [4.69, 9.17) is 15.7 Å². The van der Waals surface area contributed by atoms with E-state index in [1.54, 1.807) is 6.07 Å². The summed E-state index contributed by atoms with van der Waals surface area (Å²) in [7, 11) is 0. The number of nitrogen functional groups attached to an aromatic ring is 1. The molecule has 0 amide bonds. The first-order chi connectivity index (χ1) is 12.2. The molecule has 1 heterocycles. The summed E-state index contributed by atoms with van der Waals surface area (Å²) in [5.74, 6) is 0. The van der Waals surface area contributed by atoms with Gasteiger partial charge >= 0.3 is 0 Å². The highest BCUT2D eigenvalue weighted by molar-refractivity contribution is 5.68. The zero-order valence-corrected chi connectivity index (χ0v) is 15.2.